The zero-order chi connectivity index (χ0) is 9.40. The normalized spacial score (nSPS) is 13.8. The van der Waals surface area contributed by atoms with Gasteiger partial charge >= 0.3 is 0 Å². The van der Waals surface area contributed by atoms with E-state index in [0.29, 0.717) is 6.10 Å². The lowest BCUT2D eigenvalue weighted by Gasteiger charge is -2.15. The molecule has 0 fully saturated rings. The SMILES string of the molecule is CCCCOCC(C)OC(C)C. The molecule has 0 rings (SSSR count). The van der Waals surface area contributed by atoms with Crippen molar-refractivity contribution in [1.29, 1.82) is 0 Å². The van der Waals surface area contributed by atoms with E-state index < -0.39 is 0 Å². The molecule has 0 aliphatic heterocycles. The number of hydrogen-bond acceptors (Lipinski definition) is 2. The molecule has 0 amide bonds. The van der Waals surface area contributed by atoms with E-state index in [1.807, 2.05) is 20.8 Å². The highest BCUT2D eigenvalue weighted by atomic mass is 16.5. The molecule has 0 N–H and O–H groups in total. The molecule has 0 aliphatic rings. The van der Waals surface area contributed by atoms with Gasteiger partial charge < -0.3 is 9.47 Å². The minimum absolute atomic E-state index is 0.224. The summed E-state index contributed by atoms with van der Waals surface area (Å²) in [7, 11) is 0. The van der Waals surface area contributed by atoms with Gasteiger partial charge in [-0.05, 0) is 27.2 Å². The largest absolute Gasteiger partial charge is 0.379 e. The van der Waals surface area contributed by atoms with Crippen molar-refractivity contribution in [2.24, 2.45) is 0 Å². The van der Waals surface area contributed by atoms with Crippen LogP contribution in [-0.4, -0.2) is 25.4 Å². The van der Waals surface area contributed by atoms with Gasteiger partial charge in [-0.15, -0.1) is 0 Å². The zero-order valence-electron chi connectivity index (χ0n) is 8.80. The summed E-state index contributed by atoms with van der Waals surface area (Å²) in [5, 5.41) is 0. The van der Waals surface area contributed by atoms with Gasteiger partial charge in [-0.3, -0.25) is 0 Å². The van der Waals surface area contributed by atoms with Crippen LogP contribution in [-0.2, 0) is 9.47 Å². The summed E-state index contributed by atoms with van der Waals surface area (Å²) in [5.41, 5.74) is 0. The Hall–Kier alpha value is -0.0800. The number of unbranched alkanes of at least 4 members (excludes halogenated alkanes) is 1. The monoisotopic (exact) mass is 174 g/mol. The van der Waals surface area contributed by atoms with Crippen molar-refractivity contribution in [2.45, 2.75) is 52.7 Å². The van der Waals surface area contributed by atoms with E-state index in [1.165, 1.54) is 6.42 Å². The standard InChI is InChI=1S/C10H22O2/c1-5-6-7-11-8-10(4)12-9(2)3/h9-10H,5-8H2,1-4H3. The quantitative estimate of drug-likeness (QED) is 0.552. The van der Waals surface area contributed by atoms with Gasteiger partial charge in [0.15, 0.2) is 0 Å². The molecule has 74 valence electrons. The molecule has 0 heterocycles. The van der Waals surface area contributed by atoms with E-state index in [-0.39, 0.29) is 6.10 Å². The van der Waals surface area contributed by atoms with Crippen LogP contribution in [0.25, 0.3) is 0 Å². The van der Waals surface area contributed by atoms with Crippen LogP contribution in [0.3, 0.4) is 0 Å². The molecule has 0 aromatic carbocycles. The van der Waals surface area contributed by atoms with Crippen molar-refractivity contribution in [3.8, 4) is 0 Å². The molecule has 2 nitrogen and oxygen atoms in total. The first-order valence-corrected chi connectivity index (χ1v) is 4.90. The Bertz CT molecular complexity index is 91.8. The van der Waals surface area contributed by atoms with Crippen LogP contribution in [0, 0.1) is 0 Å². The fraction of sp³-hybridized carbons (Fsp3) is 1.00. The molecule has 0 spiro atoms. The van der Waals surface area contributed by atoms with E-state index in [2.05, 4.69) is 6.92 Å². The molecule has 1 unspecified atom stereocenters. The lowest BCUT2D eigenvalue weighted by Crippen LogP contribution is -2.20. The second-order valence-electron chi connectivity index (χ2n) is 3.42. The average molecular weight is 174 g/mol. The van der Waals surface area contributed by atoms with E-state index in [1.54, 1.807) is 0 Å². The van der Waals surface area contributed by atoms with Crippen LogP contribution in [0.1, 0.15) is 40.5 Å². The van der Waals surface area contributed by atoms with Crippen LogP contribution in [0.5, 0.6) is 0 Å². The van der Waals surface area contributed by atoms with Gasteiger partial charge in [0, 0.05) is 6.61 Å². The fourth-order valence-electron chi connectivity index (χ4n) is 1.000. The molecule has 12 heavy (non-hydrogen) atoms. The first kappa shape index (κ1) is 11.9. The summed E-state index contributed by atoms with van der Waals surface area (Å²) in [6, 6.07) is 0. The topological polar surface area (TPSA) is 18.5 Å². The summed E-state index contributed by atoms with van der Waals surface area (Å²) < 4.78 is 10.9. The maximum Gasteiger partial charge on any atom is 0.0783 e. The van der Waals surface area contributed by atoms with Crippen molar-refractivity contribution in [1.82, 2.24) is 0 Å². The maximum atomic E-state index is 5.51. The van der Waals surface area contributed by atoms with Crippen molar-refractivity contribution < 1.29 is 9.47 Å². The van der Waals surface area contributed by atoms with Gasteiger partial charge in [0.2, 0.25) is 0 Å². The lowest BCUT2D eigenvalue weighted by atomic mass is 10.3. The van der Waals surface area contributed by atoms with Crippen LogP contribution in [0.2, 0.25) is 0 Å². The smallest absolute Gasteiger partial charge is 0.0783 e. The lowest BCUT2D eigenvalue weighted by molar-refractivity contribution is -0.0351. The fourth-order valence-corrected chi connectivity index (χ4v) is 1.000. The summed E-state index contributed by atoms with van der Waals surface area (Å²) in [6.07, 6.45) is 2.87. The minimum Gasteiger partial charge on any atom is -0.379 e. The zero-order valence-corrected chi connectivity index (χ0v) is 8.80. The van der Waals surface area contributed by atoms with Crippen LogP contribution < -0.4 is 0 Å². The second kappa shape index (κ2) is 7.56. The van der Waals surface area contributed by atoms with Gasteiger partial charge in [0.25, 0.3) is 0 Å². The highest BCUT2D eigenvalue weighted by Crippen LogP contribution is 1.98. The molecular formula is C10H22O2. The average Bonchev–Trinajstić information content (AvgIpc) is 1.97. The van der Waals surface area contributed by atoms with Crippen LogP contribution in [0.4, 0.5) is 0 Å². The Labute approximate surface area is 76.3 Å². The molecule has 0 saturated heterocycles. The Morgan fingerprint density at radius 2 is 1.83 bits per heavy atom. The van der Waals surface area contributed by atoms with Crippen molar-refractivity contribution in [3.05, 3.63) is 0 Å². The highest BCUT2D eigenvalue weighted by Gasteiger charge is 2.03. The summed E-state index contributed by atoms with van der Waals surface area (Å²) >= 11 is 0. The molecular weight excluding hydrogens is 152 g/mol. The molecule has 0 aliphatic carbocycles. The van der Waals surface area contributed by atoms with E-state index >= 15 is 0 Å². The number of ether oxygens (including phenoxy) is 2. The number of rotatable bonds is 7. The minimum atomic E-state index is 0.224. The summed E-state index contributed by atoms with van der Waals surface area (Å²) in [4.78, 5) is 0. The first-order chi connectivity index (χ1) is 5.66. The molecule has 0 radical (unpaired) electrons. The number of hydrogen-bond donors (Lipinski definition) is 0. The predicted molar refractivity (Wildman–Crippen MR) is 51.4 cm³/mol. The second-order valence-corrected chi connectivity index (χ2v) is 3.42. The van der Waals surface area contributed by atoms with Crippen LogP contribution >= 0.6 is 0 Å². The summed E-state index contributed by atoms with van der Waals surface area (Å²) in [5.74, 6) is 0. The van der Waals surface area contributed by atoms with E-state index in [0.717, 1.165) is 19.6 Å². The van der Waals surface area contributed by atoms with E-state index in [9.17, 15) is 0 Å². The molecule has 0 saturated carbocycles. The Morgan fingerprint density at radius 3 is 2.33 bits per heavy atom. The van der Waals surface area contributed by atoms with Crippen molar-refractivity contribution in [2.75, 3.05) is 13.2 Å². The van der Waals surface area contributed by atoms with Crippen LogP contribution in [0.15, 0.2) is 0 Å². The molecule has 2 heteroatoms. The van der Waals surface area contributed by atoms with Gasteiger partial charge in [-0.25, -0.2) is 0 Å². The molecule has 1 atom stereocenters. The summed E-state index contributed by atoms with van der Waals surface area (Å²) in [6.45, 7) is 9.88. The van der Waals surface area contributed by atoms with Gasteiger partial charge in [-0.1, -0.05) is 13.3 Å². The predicted octanol–water partition coefficient (Wildman–Crippen LogP) is 2.62. The van der Waals surface area contributed by atoms with Gasteiger partial charge in [0.05, 0.1) is 18.8 Å². The van der Waals surface area contributed by atoms with E-state index in [4.69, 9.17) is 9.47 Å². The van der Waals surface area contributed by atoms with Crippen molar-refractivity contribution in [3.63, 3.8) is 0 Å². The van der Waals surface area contributed by atoms with Crippen molar-refractivity contribution >= 4 is 0 Å². The maximum absolute atomic E-state index is 5.51. The third-order valence-corrected chi connectivity index (χ3v) is 1.50. The molecule has 0 aromatic rings. The highest BCUT2D eigenvalue weighted by molar-refractivity contribution is 4.49. The third kappa shape index (κ3) is 8.02. The third-order valence-electron chi connectivity index (χ3n) is 1.50. The van der Waals surface area contributed by atoms with Gasteiger partial charge in [-0.2, -0.15) is 0 Å². The molecule has 0 aromatic heterocycles. The van der Waals surface area contributed by atoms with Gasteiger partial charge in [0.1, 0.15) is 0 Å². The first-order valence-electron chi connectivity index (χ1n) is 4.90. The Balaban J connectivity index is 3.14. The Kier molecular flexibility index (Phi) is 7.51. The molecule has 0 bridgehead atoms. The Morgan fingerprint density at radius 1 is 1.17 bits per heavy atom.